The van der Waals surface area contributed by atoms with E-state index in [-0.39, 0.29) is 32.4 Å². The van der Waals surface area contributed by atoms with Gasteiger partial charge in [-0.1, -0.05) is 0 Å². The zero-order valence-electron chi connectivity index (χ0n) is 9.63. The quantitative estimate of drug-likeness (QED) is 0.600. The number of hydrogen-bond donors (Lipinski definition) is 0. The molecule has 2 rings (SSSR count). The maximum Gasteiger partial charge on any atom is 0.270 e. The Morgan fingerprint density at radius 3 is 2.44 bits per heavy atom. The van der Waals surface area contributed by atoms with Crippen LogP contribution in [-0.2, 0) is 14.6 Å². The third kappa shape index (κ3) is 1.55. The molecule has 18 heavy (non-hydrogen) atoms. The second-order valence-electron chi connectivity index (χ2n) is 3.93. The maximum absolute atomic E-state index is 12.0. The average Bonchev–Trinajstić information content (AvgIpc) is 2.47. The van der Waals surface area contributed by atoms with Crippen LogP contribution in [0.5, 0.6) is 0 Å². The third-order valence-corrected chi connectivity index (χ3v) is 4.77. The number of non-ortho nitro benzene ring substituents is 1. The van der Waals surface area contributed by atoms with Crippen LogP contribution in [0.25, 0.3) is 5.57 Å². The summed E-state index contributed by atoms with van der Waals surface area (Å²) in [7, 11) is -3.78. The van der Waals surface area contributed by atoms with Gasteiger partial charge in [0.05, 0.1) is 14.7 Å². The van der Waals surface area contributed by atoms with E-state index >= 15 is 0 Å². The molecule has 0 amide bonds. The van der Waals surface area contributed by atoms with Gasteiger partial charge in [0, 0.05) is 23.3 Å². The summed E-state index contributed by atoms with van der Waals surface area (Å²) in [5.74, 6) is -0.372. The molecule has 0 atom stereocenters. The fourth-order valence-corrected chi connectivity index (χ4v) is 3.57. The van der Waals surface area contributed by atoms with Crippen LogP contribution >= 0.6 is 0 Å². The number of rotatable bonds is 2. The van der Waals surface area contributed by atoms with Crippen LogP contribution in [0.2, 0.25) is 0 Å². The van der Waals surface area contributed by atoms with Crippen molar-refractivity contribution in [3.63, 3.8) is 0 Å². The van der Waals surface area contributed by atoms with Crippen LogP contribution in [0.4, 0.5) is 5.69 Å². The number of benzene rings is 1. The van der Waals surface area contributed by atoms with Crippen molar-refractivity contribution in [3.8, 4) is 0 Å². The number of nitrogens with zero attached hydrogens (tertiary/aromatic N) is 1. The summed E-state index contributed by atoms with van der Waals surface area (Å²) in [6.45, 7) is 2.60. The number of nitro groups is 1. The Morgan fingerprint density at radius 1 is 1.33 bits per heavy atom. The molecule has 0 saturated carbocycles. The number of allylic oxidation sites excluding steroid dienone is 2. The van der Waals surface area contributed by atoms with E-state index < -0.39 is 14.8 Å². The predicted octanol–water partition coefficient (Wildman–Crippen LogP) is 1.70. The number of sulfone groups is 1. The molecule has 6 nitrogen and oxygen atoms in total. The van der Waals surface area contributed by atoms with E-state index in [4.69, 9.17) is 0 Å². The summed E-state index contributed by atoms with van der Waals surface area (Å²) in [6, 6.07) is 3.48. The van der Waals surface area contributed by atoms with Crippen molar-refractivity contribution < 1.29 is 18.1 Å². The number of nitro benzene ring substituents is 1. The molecule has 7 heteroatoms. The molecule has 0 unspecified atom stereocenters. The second kappa shape index (κ2) is 3.74. The maximum atomic E-state index is 12.0. The molecule has 0 saturated heterocycles. The minimum atomic E-state index is -3.78. The zero-order chi connectivity index (χ0) is 13.7. The molecule has 1 aromatic carbocycles. The standard InChI is InChI=1S/C11H9NO5S/c1-6(13)11-7(2)18(16,17)10-5-8(12(14)15)3-4-9(10)11/h3-5H,1-2H3. The van der Waals surface area contributed by atoms with Crippen molar-refractivity contribution in [2.75, 3.05) is 0 Å². The number of carbonyl (C=O) groups excluding carboxylic acids is 1. The van der Waals surface area contributed by atoms with E-state index in [0.717, 1.165) is 6.07 Å². The number of hydrogen-bond acceptors (Lipinski definition) is 5. The Balaban J connectivity index is 2.81. The van der Waals surface area contributed by atoms with Gasteiger partial charge in [-0.25, -0.2) is 8.42 Å². The van der Waals surface area contributed by atoms with Crippen LogP contribution in [0.15, 0.2) is 28.0 Å². The lowest BCUT2D eigenvalue weighted by Crippen LogP contribution is -1.99. The van der Waals surface area contributed by atoms with Crippen LogP contribution in [0.1, 0.15) is 19.4 Å². The van der Waals surface area contributed by atoms with Crippen molar-refractivity contribution in [2.24, 2.45) is 0 Å². The highest BCUT2D eigenvalue weighted by molar-refractivity contribution is 7.96. The Kier molecular flexibility index (Phi) is 2.58. The van der Waals surface area contributed by atoms with Crippen molar-refractivity contribution in [1.29, 1.82) is 0 Å². The van der Waals surface area contributed by atoms with E-state index in [1.165, 1.54) is 26.0 Å². The lowest BCUT2D eigenvalue weighted by Gasteiger charge is -2.00. The van der Waals surface area contributed by atoms with Gasteiger partial charge in [-0.2, -0.15) is 0 Å². The number of Topliss-reactive ketones (excluding diaryl/α,β-unsaturated/α-hetero) is 1. The van der Waals surface area contributed by atoms with E-state index in [1.54, 1.807) is 0 Å². The molecule has 0 spiro atoms. The molecule has 0 bridgehead atoms. The number of fused-ring (bicyclic) bond motifs is 1. The summed E-state index contributed by atoms with van der Waals surface area (Å²) in [5.41, 5.74) is 0.0421. The number of ketones is 1. The normalized spacial score (nSPS) is 16.6. The highest BCUT2D eigenvalue weighted by Gasteiger charge is 2.35. The Hall–Kier alpha value is -2.02. The summed E-state index contributed by atoms with van der Waals surface area (Å²) in [6.07, 6.45) is 0. The van der Waals surface area contributed by atoms with Gasteiger partial charge in [-0.3, -0.25) is 14.9 Å². The van der Waals surface area contributed by atoms with Gasteiger partial charge >= 0.3 is 0 Å². The first-order valence-electron chi connectivity index (χ1n) is 5.02. The van der Waals surface area contributed by atoms with Gasteiger partial charge in [-0.15, -0.1) is 0 Å². The SMILES string of the molecule is CC(=O)C1=C(C)S(=O)(=O)c2cc([N+](=O)[O-])ccc21. The van der Waals surface area contributed by atoms with Crippen molar-refractivity contribution in [2.45, 2.75) is 18.7 Å². The molecular weight excluding hydrogens is 258 g/mol. The first-order valence-corrected chi connectivity index (χ1v) is 6.51. The lowest BCUT2D eigenvalue weighted by molar-refractivity contribution is -0.385. The molecule has 1 aliphatic rings. The highest BCUT2D eigenvalue weighted by atomic mass is 32.2. The lowest BCUT2D eigenvalue weighted by atomic mass is 10.0. The van der Waals surface area contributed by atoms with Gasteiger partial charge in [0.25, 0.3) is 5.69 Å². The second-order valence-corrected chi connectivity index (χ2v) is 5.99. The van der Waals surface area contributed by atoms with E-state index in [1.807, 2.05) is 0 Å². The Labute approximate surface area is 103 Å². The smallest absolute Gasteiger partial charge is 0.270 e. The van der Waals surface area contributed by atoms with E-state index in [2.05, 4.69) is 0 Å². The summed E-state index contributed by atoms with van der Waals surface area (Å²) in [4.78, 5) is 21.2. The average molecular weight is 267 g/mol. The molecule has 0 aliphatic carbocycles. The molecule has 0 fully saturated rings. The molecule has 0 aromatic heterocycles. The molecule has 0 N–H and O–H groups in total. The van der Waals surface area contributed by atoms with Crippen LogP contribution < -0.4 is 0 Å². The molecule has 94 valence electrons. The summed E-state index contributed by atoms with van der Waals surface area (Å²) >= 11 is 0. The van der Waals surface area contributed by atoms with Crippen LogP contribution in [0.3, 0.4) is 0 Å². The minimum absolute atomic E-state index is 0.0505. The predicted molar refractivity (Wildman–Crippen MR) is 63.6 cm³/mol. The van der Waals surface area contributed by atoms with Crippen molar-refractivity contribution in [1.82, 2.24) is 0 Å². The van der Waals surface area contributed by atoms with Gasteiger partial charge in [0.2, 0.25) is 9.84 Å². The van der Waals surface area contributed by atoms with Crippen LogP contribution in [0, 0.1) is 10.1 Å². The Morgan fingerprint density at radius 2 is 1.94 bits per heavy atom. The van der Waals surface area contributed by atoms with E-state index in [9.17, 15) is 23.3 Å². The van der Waals surface area contributed by atoms with Crippen molar-refractivity contribution >= 4 is 26.9 Å². The van der Waals surface area contributed by atoms with Gasteiger partial charge in [0.15, 0.2) is 5.78 Å². The molecule has 1 aromatic rings. The summed E-state index contributed by atoms with van der Waals surface area (Å²) in [5, 5.41) is 10.6. The Bertz CT molecular complexity index is 715. The third-order valence-electron chi connectivity index (χ3n) is 2.84. The monoisotopic (exact) mass is 267 g/mol. The van der Waals surface area contributed by atoms with Crippen molar-refractivity contribution in [3.05, 3.63) is 38.8 Å². The number of carbonyl (C=O) groups is 1. The highest BCUT2D eigenvalue weighted by Crippen LogP contribution is 2.40. The molecule has 1 heterocycles. The molecular formula is C11H9NO5S. The topological polar surface area (TPSA) is 94.3 Å². The summed E-state index contributed by atoms with van der Waals surface area (Å²) < 4.78 is 24.1. The van der Waals surface area contributed by atoms with Crippen LogP contribution in [-0.4, -0.2) is 19.1 Å². The largest absolute Gasteiger partial charge is 0.294 e. The fraction of sp³-hybridized carbons (Fsp3) is 0.182. The fourth-order valence-electron chi connectivity index (χ4n) is 1.98. The van der Waals surface area contributed by atoms with Gasteiger partial charge in [-0.05, 0) is 19.9 Å². The zero-order valence-corrected chi connectivity index (χ0v) is 10.4. The minimum Gasteiger partial charge on any atom is -0.294 e. The molecule has 0 radical (unpaired) electrons. The van der Waals surface area contributed by atoms with Gasteiger partial charge < -0.3 is 0 Å². The van der Waals surface area contributed by atoms with Gasteiger partial charge in [0.1, 0.15) is 0 Å². The molecule has 1 aliphatic heterocycles. The van der Waals surface area contributed by atoms with E-state index in [0.29, 0.717) is 0 Å². The first-order chi connectivity index (χ1) is 8.26. The first kappa shape index (κ1) is 12.4.